The smallest absolute Gasteiger partial charge is 0.394 e. The van der Waals surface area contributed by atoms with Gasteiger partial charge in [0.05, 0.1) is 18.1 Å². The van der Waals surface area contributed by atoms with E-state index in [0.717, 1.165) is 16.2 Å². The fraction of sp³-hybridized carbons (Fsp3) is 0.385. The van der Waals surface area contributed by atoms with Gasteiger partial charge in [0.25, 0.3) is 0 Å². The quantitative estimate of drug-likeness (QED) is 0.852. The monoisotopic (exact) mass is 376 g/mol. The van der Waals surface area contributed by atoms with Crippen molar-refractivity contribution in [1.82, 2.24) is 15.1 Å². The predicted octanol–water partition coefficient (Wildman–Crippen LogP) is 2.52. The summed E-state index contributed by atoms with van der Waals surface area (Å²) in [4.78, 5) is 24.0. The molecule has 3 heterocycles. The number of likely N-dealkylation sites (tertiary alicyclic amines) is 1. The molecular formula is C13H11F3N4O4S. The number of rotatable bonds is 3. The van der Waals surface area contributed by atoms with Crippen molar-refractivity contribution in [2.75, 3.05) is 18.4 Å². The van der Waals surface area contributed by atoms with Crippen molar-refractivity contribution >= 4 is 28.5 Å². The Bertz CT molecular complexity index is 777. The van der Waals surface area contributed by atoms with Crippen LogP contribution in [0.1, 0.15) is 0 Å². The lowest BCUT2D eigenvalue weighted by molar-refractivity contribution is -0.187. The van der Waals surface area contributed by atoms with Crippen molar-refractivity contribution in [2.24, 2.45) is 11.8 Å². The van der Waals surface area contributed by atoms with Gasteiger partial charge in [-0.3, -0.25) is 10.1 Å². The molecule has 0 spiro atoms. The number of alkyl halides is 3. The van der Waals surface area contributed by atoms with Crippen LogP contribution in [0.5, 0.6) is 0 Å². The Kier molecular flexibility index (Phi) is 4.37. The number of amides is 2. The van der Waals surface area contributed by atoms with Crippen molar-refractivity contribution in [3.8, 4) is 10.8 Å². The molecule has 8 nitrogen and oxygen atoms in total. The minimum atomic E-state index is -4.70. The lowest BCUT2D eigenvalue weighted by Crippen LogP contribution is -2.35. The first kappa shape index (κ1) is 17.2. The van der Waals surface area contributed by atoms with Gasteiger partial charge < -0.3 is 14.4 Å². The Hall–Kier alpha value is -2.63. The number of aliphatic carboxylic acids is 1. The third-order valence-electron chi connectivity index (χ3n) is 3.72. The van der Waals surface area contributed by atoms with E-state index in [0.29, 0.717) is 10.8 Å². The van der Waals surface area contributed by atoms with Gasteiger partial charge in [-0.25, -0.2) is 4.79 Å². The van der Waals surface area contributed by atoms with Crippen molar-refractivity contribution in [1.29, 1.82) is 0 Å². The van der Waals surface area contributed by atoms with E-state index in [9.17, 15) is 22.8 Å². The largest absolute Gasteiger partial charge is 0.481 e. The second-order valence-corrected chi connectivity index (χ2v) is 6.30. The van der Waals surface area contributed by atoms with Gasteiger partial charge in [0.1, 0.15) is 0 Å². The van der Waals surface area contributed by atoms with Gasteiger partial charge >= 0.3 is 18.2 Å². The molecule has 0 aliphatic carbocycles. The number of hydrogen-bond donors (Lipinski definition) is 2. The van der Waals surface area contributed by atoms with Crippen LogP contribution in [0.25, 0.3) is 10.8 Å². The average Bonchev–Trinajstić information content (AvgIpc) is 3.26. The van der Waals surface area contributed by atoms with Crippen LogP contribution in [0.15, 0.2) is 22.8 Å². The van der Waals surface area contributed by atoms with Gasteiger partial charge in [0.2, 0.25) is 5.13 Å². The molecule has 12 heteroatoms. The zero-order chi connectivity index (χ0) is 18.2. The van der Waals surface area contributed by atoms with E-state index in [1.807, 2.05) is 0 Å². The molecule has 0 unspecified atom stereocenters. The first-order chi connectivity index (χ1) is 11.8. The molecule has 3 rings (SSSR count). The van der Waals surface area contributed by atoms with Crippen LogP contribution >= 0.6 is 11.3 Å². The summed E-state index contributed by atoms with van der Waals surface area (Å²) in [6.07, 6.45) is -3.27. The minimum Gasteiger partial charge on any atom is -0.481 e. The van der Waals surface area contributed by atoms with Crippen molar-refractivity contribution < 1.29 is 32.3 Å². The lowest BCUT2D eigenvalue weighted by atomic mass is 9.96. The van der Waals surface area contributed by atoms with Crippen molar-refractivity contribution in [2.45, 2.75) is 6.18 Å². The van der Waals surface area contributed by atoms with Crippen LogP contribution in [0.2, 0.25) is 0 Å². The van der Waals surface area contributed by atoms with Crippen molar-refractivity contribution in [3.63, 3.8) is 0 Å². The summed E-state index contributed by atoms with van der Waals surface area (Å²) in [5, 5.41) is 19.3. The van der Waals surface area contributed by atoms with E-state index in [-0.39, 0.29) is 5.13 Å². The molecule has 2 atom stereocenters. The SMILES string of the molecule is O=C(O)[C@@H]1CN(C(=O)Nc2nnc(-c3ccco3)s2)C[C@H]1C(F)(F)F. The Balaban J connectivity index is 1.69. The molecular weight excluding hydrogens is 365 g/mol. The zero-order valence-electron chi connectivity index (χ0n) is 12.4. The number of furan rings is 1. The third-order valence-corrected chi connectivity index (χ3v) is 4.57. The van der Waals surface area contributed by atoms with Gasteiger partial charge in [-0.2, -0.15) is 13.2 Å². The molecule has 2 aromatic rings. The Labute approximate surface area is 142 Å². The number of carboxylic acid groups (broad SMARTS) is 1. The van der Waals surface area contributed by atoms with E-state index >= 15 is 0 Å². The maximum absolute atomic E-state index is 12.9. The van der Waals surface area contributed by atoms with E-state index < -0.39 is 43.1 Å². The molecule has 1 saturated heterocycles. The average molecular weight is 376 g/mol. The Morgan fingerprint density at radius 3 is 2.68 bits per heavy atom. The summed E-state index contributed by atoms with van der Waals surface area (Å²) in [5.74, 6) is -4.96. The number of urea groups is 1. The van der Waals surface area contributed by atoms with E-state index in [4.69, 9.17) is 9.52 Å². The first-order valence-corrected chi connectivity index (χ1v) is 7.80. The Morgan fingerprint density at radius 2 is 2.12 bits per heavy atom. The molecule has 1 aliphatic heterocycles. The number of hydrogen-bond acceptors (Lipinski definition) is 6. The second-order valence-electron chi connectivity index (χ2n) is 5.32. The topological polar surface area (TPSA) is 109 Å². The van der Waals surface area contributed by atoms with Gasteiger partial charge in [0.15, 0.2) is 10.8 Å². The molecule has 2 aromatic heterocycles. The fourth-order valence-electron chi connectivity index (χ4n) is 2.50. The highest BCUT2D eigenvalue weighted by molar-refractivity contribution is 7.18. The summed E-state index contributed by atoms with van der Waals surface area (Å²) in [7, 11) is 0. The van der Waals surface area contributed by atoms with E-state index in [1.165, 1.54) is 6.26 Å². The fourth-order valence-corrected chi connectivity index (χ4v) is 3.20. The molecule has 25 heavy (non-hydrogen) atoms. The highest BCUT2D eigenvalue weighted by atomic mass is 32.1. The number of carbonyl (C=O) groups excluding carboxylic acids is 1. The minimum absolute atomic E-state index is 0.0683. The van der Waals surface area contributed by atoms with Crippen LogP contribution in [0.4, 0.5) is 23.1 Å². The molecule has 2 N–H and O–H groups in total. The number of anilines is 1. The van der Waals surface area contributed by atoms with Crippen LogP contribution in [-0.4, -0.2) is 51.5 Å². The molecule has 0 saturated carbocycles. The molecule has 1 aliphatic rings. The van der Waals surface area contributed by atoms with Crippen LogP contribution in [0, 0.1) is 11.8 Å². The third kappa shape index (κ3) is 3.57. The lowest BCUT2D eigenvalue weighted by Gasteiger charge is -2.18. The maximum Gasteiger partial charge on any atom is 0.394 e. The highest BCUT2D eigenvalue weighted by Gasteiger charge is 2.53. The summed E-state index contributed by atoms with van der Waals surface area (Å²) in [5.41, 5.74) is 0. The number of carboxylic acids is 1. The molecule has 0 aromatic carbocycles. The van der Waals surface area contributed by atoms with Crippen LogP contribution < -0.4 is 5.32 Å². The van der Waals surface area contributed by atoms with Crippen LogP contribution in [0.3, 0.4) is 0 Å². The normalized spacial score (nSPS) is 20.7. The van der Waals surface area contributed by atoms with Gasteiger partial charge in [-0.15, -0.1) is 10.2 Å². The number of nitrogens with one attached hydrogen (secondary N) is 1. The zero-order valence-corrected chi connectivity index (χ0v) is 13.2. The summed E-state index contributed by atoms with van der Waals surface area (Å²) in [6.45, 7) is -1.26. The number of halogens is 3. The Morgan fingerprint density at radius 1 is 1.36 bits per heavy atom. The molecule has 2 amide bonds. The summed E-state index contributed by atoms with van der Waals surface area (Å²) < 4.78 is 44.0. The number of nitrogens with zero attached hydrogens (tertiary/aromatic N) is 3. The van der Waals surface area contributed by atoms with Crippen LogP contribution in [-0.2, 0) is 4.79 Å². The molecule has 0 bridgehead atoms. The number of carbonyl (C=O) groups is 2. The standard InChI is InChI=1S/C13H11F3N4O4S/c14-13(15,16)7-5-20(4-6(7)10(21)22)12(23)17-11-19-18-9(25-11)8-2-1-3-24-8/h1-3,6-7H,4-5H2,(H,21,22)(H,17,19,23)/t6-,7-/m1/s1. The number of aromatic nitrogens is 2. The van der Waals surface area contributed by atoms with E-state index in [2.05, 4.69) is 15.5 Å². The summed E-state index contributed by atoms with van der Waals surface area (Å²) in [6, 6.07) is 2.42. The molecule has 1 fully saturated rings. The van der Waals surface area contributed by atoms with Crippen molar-refractivity contribution in [3.05, 3.63) is 18.4 Å². The highest BCUT2D eigenvalue weighted by Crippen LogP contribution is 2.38. The predicted molar refractivity (Wildman–Crippen MR) is 78.9 cm³/mol. The first-order valence-electron chi connectivity index (χ1n) is 6.98. The maximum atomic E-state index is 12.9. The molecule has 0 radical (unpaired) electrons. The summed E-state index contributed by atoms with van der Waals surface area (Å²) >= 11 is 0.978. The van der Waals surface area contributed by atoms with Gasteiger partial charge in [-0.05, 0) is 12.1 Å². The molecule has 134 valence electrons. The van der Waals surface area contributed by atoms with Gasteiger partial charge in [0, 0.05) is 13.1 Å². The van der Waals surface area contributed by atoms with Gasteiger partial charge in [-0.1, -0.05) is 11.3 Å². The second kappa shape index (κ2) is 6.35. The van der Waals surface area contributed by atoms with E-state index in [1.54, 1.807) is 12.1 Å².